The van der Waals surface area contributed by atoms with E-state index in [2.05, 4.69) is 10.1 Å². The molecule has 2 aromatic rings. The lowest BCUT2D eigenvalue weighted by Gasteiger charge is -2.20. The summed E-state index contributed by atoms with van der Waals surface area (Å²) >= 11 is 0. The molecule has 1 unspecified atom stereocenters. The van der Waals surface area contributed by atoms with E-state index in [9.17, 15) is 4.79 Å². The first kappa shape index (κ1) is 16.1. The van der Waals surface area contributed by atoms with E-state index in [1.54, 1.807) is 14.0 Å². The molecule has 0 saturated heterocycles. The number of benzene rings is 1. The number of carbonyl (C=O) groups excluding carboxylic acids is 1. The van der Waals surface area contributed by atoms with Crippen molar-refractivity contribution in [3.8, 4) is 0 Å². The topological polar surface area (TPSA) is 85.2 Å². The van der Waals surface area contributed by atoms with Gasteiger partial charge >= 0.3 is 0 Å². The number of aromatic nitrogens is 2. The highest BCUT2D eigenvalue weighted by Crippen LogP contribution is 2.13. The van der Waals surface area contributed by atoms with Crippen LogP contribution >= 0.6 is 12.4 Å². The predicted octanol–water partition coefficient (Wildman–Crippen LogP) is 1.46. The maximum atomic E-state index is 12.2. The summed E-state index contributed by atoms with van der Waals surface area (Å²) in [7, 11) is 1.66. The Morgan fingerprint density at radius 1 is 1.40 bits per heavy atom. The summed E-state index contributed by atoms with van der Waals surface area (Å²) in [5, 5.41) is 3.75. The second kappa shape index (κ2) is 7.02. The minimum atomic E-state index is -0.681. The summed E-state index contributed by atoms with van der Waals surface area (Å²) < 4.78 is 4.86. The van der Waals surface area contributed by atoms with Crippen LogP contribution in [0, 0.1) is 6.92 Å². The Hall–Kier alpha value is -1.92. The highest BCUT2D eigenvalue weighted by atomic mass is 35.5. The summed E-state index contributed by atoms with van der Waals surface area (Å²) in [6.45, 7) is 1.98. The van der Waals surface area contributed by atoms with E-state index in [1.807, 2.05) is 30.3 Å². The fourth-order valence-corrected chi connectivity index (χ4v) is 1.74. The summed E-state index contributed by atoms with van der Waals surface area (Å²) in [5.41, 5.74) is 6.72. The lowest BCUT2D eigenvalue weighted by Crippen LogP contribution is -2.35. The van der Waals surface area contributed by atoms with Gasteiger partial charge in [-0.2, -0.15) is 4.98 Å². The van der Waals surface area contributed by atoms with Crippen LogP contribution in [0.1, 0.15) is 23.3 Å². The Morgan fingerprint density at radius 2 is 2.05 bits per heavy atom. The van der Waals surface area contributed by atoms with Crippen molar-refractivity contribution in [1.82, 2.24) is 15.0 Å². The second-order valence-corrected chi connectivity index (χ2v) is 4.31. The van der Waals surface area contributed by atoms with Crippen LogP contribution in [-0.2, 0) is 11.3 Å². The van der Waals surface area contributed by atoms with E-state index in [0.717, 1.165) is 5.56 Å². The zero-order chi connectivity index (χ0) is 13.8. The van der Waals surface area contributed by atoms with Crippen molar-refractivity contribution in [2.45, 2.75) is 19.5 Å². The maximum absolute atomic E-state index is 12.2. The third-order valence-electron chi connectivity index (χ3n) is 2.75. The van der Waals surface area contributed by atoms with Crippen LogP contribution in [0.25, 0.3) is 0 Å². The molecule has 0 fully saturated rings. The van der Waals surface area contributed by atoms with Gasteiger partial charge in [0.1, 0.15) is 6.04 Å². The number of amides is 1. The molecular weight excluding hydrogens is 280 g/mol. The van der Waals surface area contributed by atoms with Crippen molar-refractivity contribution in [3.05, 3.63) is 47.6 Å². The summed E-state index contributed by atoms with van der Waals surface area (Å²) in [6.07, 6.45) is 0. The lowest BCUT2D eigenvalue weighted by molar-refractivity contribution is -0.132. The van der Waals surface area contributed by atoms with E-state index in [4.69, 9.17) is 10.3 Å². The van der Waals surface area contributed by atoms with Gasteiger partial charge in [0.2, 0.25) is 11.8 Å². The largest absolute Gasteiger partial charge is 0.340 e. The normalized spacial score (nSPS) is 11.6. The minimum absolute atomic E-state index is 0. The lowest BCUT2D eigenvalue weighted by atomic mass is 10.1. The van der Waals surface area contributed by atoms with Gasteiger partial charge in [0, 0.05) is 14.0 Å². The molecule has 0 radical (unpaired) electrons. The quantitative estimate of drug-likeness (QED) is 0.923. The molecule has 2 N–H and O–H groups in total. The first-order valence-corrected chi connectivity index (χ1v) is 5.92. The van der Waals surface area contributed by atoms with Gasteiger partial charge in [-0.1, -0.05) is 35.5 Å². The van der Waals surface area contributed by atoms with Crippen LogP contribution < -0.4 is 5.73 Å². The van der Waals surface area contributed by atoms with Gasteiger partial charge in [-0.15, -0.1) is 12.4 Å². The molecule has 108 valence electrons. The van der Waals surface area contributed by atoms with Crippen molar-refractivity contribution in [2.75, 3.05) is 7.05 Å². The molecule has 1 aromatic heterocycles. The molecule has 6 nitrogen and oxygen atoms in total. The molecule has 2 rings (SSSR count). The molecule has 1 heterocycles. The fourth-order valence-electron chi connectivity index (χ4n) is 1.74. The first-order chi connectivity index (χ1) is 9.08. The van der Waals surface area contributed by atoms with Crippen LogP contribution in [0.2, 0.25) is 0 Å². The van der Waals surface area contributed by atoms with Crippen LogP contribution in [0.4, 0.5) is 0 Å². The molecule has 1 aromatic carbocycles. The van der Waals surface area contributed by atoms with Crippen molar-refractivity contribution >= 4 is 18.3 Å². The molecule has 0 aliphatic heterocycles. The second-order valence-electron chi connectivity index (χ2n) is 4.31. The molecule has 7 heteroatoms. The molecule has 0 spiro atoms. The molecule has 0 aliphatic carbocycles. The fraction of sp³-hybridized carbons (Fsp3) is 0.308. The van der Waals surface area contributed by atoms with Gasteiger partial charge in [-0.05, 0) is 5.56 Å². The third kappa shape index (κ3) is 3.79. The number of nitrogens with two attached hydrogens (primary N) is 1. The summed E-state index contributed by atoms with van der Waals surface area (Å²) in [6, 6.07) is 8.56. The van der Waals surface area contributed by atoms with Gasteiger partial charge in [0.15, 0.2) is 5.82 Å². The molecular formula is C13H17ClN4O2. The molecule has 1 amide bonds. The standard InChI is InChI=1S/C13H16N4O2.ClH/c1-9-15-11(16-19-9)8-17(2)13(18)12(14)10-6-4-3-5-7-10;/h3-7,12H,8,14H2,1-2H3;1H. The zero-order valence-electron chi connectivity index (χ0n) is 11.3. The van der Waals surface area contributed by atoms with Gasteiger partial charge in [0.25, 0.3) is 0 Å². The monoisotopic (exact) mass is 296 g/mol. The van der Waals surface area contributed by atoms with Crippen LogP contribution in [-0.4, -0.2) is 28.0 Å². The number of likely N-dealkylation sites (N-methyl/N-ethyl adjacent to an activating group) is 1. The van der Waals surface area contributed by atoms with Gasteiger partial charge in [-0.25, -0.2) is 0 Å². The van der Waals surface area contributed by atoms with E-state index in [-0.39, 0.29) is 24.9 Å². The van der Waals surface area contributed by atoms with E-state index < -0.39 is 6.04 Å². The highest BCUT2D eigenvalue weighted by Gasteiger charge is 2.20. The molecule has 20 heavy (non-hydrogen) atoms. The summed E-state index contributed by atoms with van der Waals surface area (Å²) in [5.74, 6) is 0.755. The number of halogens is 1. The van der Waals surface area contributed by atoms with Gasteiger partial charge in [-0.3, -0.25) is 4.79 Å². The molecule has 0 aliphatic rings. The number of carbonyl (C=O) groups is 1. The zero-order valence-corrected chi connectivity index (χ0v) is 12.1. The van der Waals surface area contributed by atoms with E-state index in [0.29, 0.717) is 11.7 Å². The Kier molecular flexibility index (Phi) is 5.66. The highest BCUT2D eigenvalue weighted by molar-refractivity contribution is 5.85. The average Bonchev–Trinajstić information content (AvgIpc) is 2.83. The van der Waals surface area contributed by atoms with Crippen LogP contribution in [0.3, 0.4) is 0 Å². The number of aryl methyl sites for hydroxylation is 1. The molecule has 1 atom stereocenters. The Labute approximate surface area is 123 Å². The number of hydrogen-bond acceptors (Lipinski definition) is 5. The third-order valence-corrected chi connectivity index (χ3v) is 2.75. The predicted molar refractivity (Wildman–Crippen MR) is 76.1 cm³/mol. The number of nitrogens with zero attached hydrogens (tertiary/aromatic N) is 3. The van der Waals surface area contributed by atoms with Crippen molar-refractivity contribution < 1.29 is 9.32 Å². The minimum Gasteiger partial charge on any atom is -0.340 e. The van der Waals surface area contributed by atoms with E-state index >= 15 is 0 Å². The number of hydrogen-bond donors (Lipinski definition) is 1. The smallest absolute Gasteiger partial charge is 0.244 e. The van der Waals surface area contributed by atoms with Crippen molar-refractivity contribution in [2.24, 2.45) is 5.73 Å². The SMILES string of the molecule is Cc1nc(CN(C)C(=O)C(N)c2ccccc2)no1.Cl. The van der Waals surface area contributed by atoms with Gasteiger partial charge in [0.05, 0.1) is 6.54 Å². The Morgan fingerprint density at radius 3 is 2.60 bits per heavy atom. The molecule has 0 bridgehead atoms. The molecule has 0 saturated carbocycles. The van der Waals surface area contributed by atoms with E-state index in [1.165, 1.54) is 4.90 Å². The van der Waals surface area contributed by atoms with Crippen LogP contribution in [0.15, 0.2) is 34.9 Å². The maximum Gasteiger partial charge on any atom is 0.244 e. The Bertz CT molecular complexity index is 559. The first-order valence-electron chi connectivity index (χ1n) is 5.92. The van der Waals surface area contributed by atoms with Gasteiger partial charge < -0.3 is 15.2 Å². The van der Waals surface area contributed by atoms with Crippen LogP contribution in [0.5, 0.6) is 0 Å². The van der Waals surface area contributed by atoms with Crippen molar-refractivity contribution in [3.63, 3.8) is 0 Å². The van der Waals surface area contributed by atoms with Crippen molar-refractivity contribution in [1.29, 1.82) is 0 Å². The average molecular weight is 297 g/mol. The Balaban J connectivity index is 0.00000200. The number of rotatable bonds is 4. The summed E-state index contributed by atoms with van der Waals surface area (Å²) in [4.78, 5) is 17.7.